The van der Waals surface area contributed by atoms with E-state index in [-0.39, 0.29) is 11.8 Å². The van der Waals surface area contributed by atoms with E-state index in [0.29, 0.717) is 17.8 Å². The van der Waals surface area contributed by atoms with Crippen molar-refractivity contribution in [3.8, 4) is 16.9 Å². The highest BCUT2D eigenvalue weighted by atomic mass is 16.2. The molecule has 0 radical (unpaired) electrons. The monoisotopic (exact) mass is 376 g/mol. The number of carbonyl (C=O) groups excluding carboxylic acids is 2. The molecule has 0 aliphatic heterocycles. The fourth-order valence-corrected chi connectivity index (χ4v) is 2.80. The van der Waals surface area contributed by atoms with E-state index in [2.05, 4.69) is 15.7 Å². The maximum absolute atomic E-state index is 12.9. The predicted molar refractivity (Wildman–Crippen MR) is 109 cm³/mol. The number of amides is 2. The molecule has 28 heavy (non-hydrogen) atoms. The number of para-hydroxylation sites is 1. The van der Waals surface area contributed by atoms with E-state index in [9.17, 15) is 9.59 Å². The van der Waals surface area contributed by atoms with Crippen molar-refractivity contribution in [2.45, 2.75) is 26.3 Å². The van der Waals surface area contributed by atoms with Crippen LogP contribution in [0.15, 0.2) is 66.9 Å². The first-order valence-corrected chi connectivity index (χ1v) is 9.39. The third-order valence-electron chi connectivity index (χ3n) is 4.32. The van der Waals surface area contributed by atoms with Crippen molar-refractivity contribution < 1.29 is 9.59 Å². The van der Waals surface area contributed by atoms with Crippen molar-refractivity contribution in [3.63, 3.8) is 0 Å². The quantitative estimate of drug-likeness (QED) is 0.665. The van der Waals surface area contributed by atoms with Crippen LogP contribution < -0.4 is 10.6 Å². The van der Waals surface area contributed by atoms with Gasteiger partial charge < -0.3 is 10.6 Å². The van der Waals surface area contributed by atoms with Crippen molar-refractivity contribution >= 4 is 11.8 Å². The Morgan fingerprint density at radius 2 is 1.68 bits per heavy atom. The Kier molecular flexibility index (Phi) is 6.22. The highest BCUT2D eigenvalue weighted by Gasteiger charge is 2.22. The lowest BCUT2D eigenvalue weighted by atomic mass is 10.1. The normalized spacial score (nSPS) is 11.6. The Morgan fingerprint density at radius 3 is 2.32 bits per heavy atom. The topological polar surface area (TPSA) is 76.0 Å². The van der Waals surface area contributed by atoms with Gasteiger partial charge in [-0.25, -0.2) is 4.68 Å². The molecule has 1 atom stereocenters. The molecule has 0 unspecified atom stereocenters. The lowest BCUT2D eigenvalue weighted by Gasteiger charge is -2.13. The van der Waals surface area contributed by atoms with E-state index in [0.717, 1.165) is 17.7 Å². The highest BCUT2D eigenvalue weighted by Crippen LogP contribution is 2.23. The summed E-state index contributed by atoms with van der Waals surface area (Å²) < 4.78 is 1.68. The third kappa shape index (κ3) is 4.46. The Bertz CT molecular complexity index is 936. The SMILES string of the molecule is CCCNC(=O)[C@H](C)NC(=O)c1cn(-c2ccccc2)nc1-c1ccccc1. The number of carbonyl (C=O) groups is 2. The Balaban J connectivity index is 1.91. The minimum absolute atomic E-state index is 0.202. The zero-order valence-electron chi connectivity index (χ0n) is 16.1. The van der Waals surface area contributed by atoms with Gasteiger partial charge in [-0.15, -0.1) is 0 Å². The average molecular weight is 376 g/mol. The van der Waals surface area contributed by atoms with Crippen LogP contribution in [0.1, 0.15) is 30.6 Å². The Morgan fingerprint density at radius 1 is 1.04 bits per heavy atom. The summed E-state index contributed by atoms with van der Waals surface area (Å²) in [5, 5.41) is 10.2. The number of aromatic nitrogens is 2. The number of rotatable bonds is 7. The van der Waals surface area contributed by atoms with E-state index < -0.39 is 6.04 Å². The molecule has 0 saturated carbocycles. The van der Waals surface area contributed by atoms with Gasteiger partial charge in [0.25, 0.3) is 5.91 Å². The fourth-order valence-electron chi connectivity index (χ4n) is 2.80. The van der Waals surface area contributed by atoms with E-state index in [4.69, 9.17) is 0 Å². The van der Waals surface area contributed by atoms with E-state index in [1.807, 2.05) is 67.6 Å². The molecule has 3 aromatic rings. The van der Waals surface area contributed by atoms with Crippen LogP contribution in [-0.4, -0.2) is 34.2 Å². The second-order valence-corrected chi connectivity index (χ2v) is 6.52. The van der Waals surface area contributed by atoms with Crippen LogP contribution in [0.25, 0.3) is 16.9 Å². The molecule has 0 bridgehead atoms. The van der Waals surface area contributed by atoms with Crippen LogP contribution in [-0.2, 0) is 4.79 Å². The Labute approximate surface area is 164 Å². The van der Waals surface area contributed by atoms with E-state index in [1.165, 1.54) is 0 Å². The first-order chi connectivity index (χ1) is 13.6. The molecule has 2 amide bonds. The molecular weight excluding hydrogens is 352 g/mol. The Hall–Kier alpha value is -3.41. The van der Waals surface area contributed by atoms with Gasteiger partial charge in [0.05, 0.1) is 11.3 Å². The summed E-state index contributed by atoms with van der Waals surface area (Å²) in [5.74, 6) is -0.535. The molecule has 1 aromatic heterocycles. The molecule has 3 rings (SSSR count). The molecule has 0 spiro atoms. The second kappa shape index (κ2) is 8.99. The van der Waals surface area contributed by atoms with E-state index >= 15 is 0 Å². The van der Waals surface area contributed by atoms with Crippen molar-refractivity contribution in [3.05, 3.63) is 72.4 Å². The molecule has 6 heteroatoms. The molecule has 144 valence electrons. The van der Waals surface area contributed by atoms with Gasteiger partial charge in [0.15, 0.2) is 0 Å². The first kappa shape index (κ1) is 19.4. The minimum atomic E-state index is -0.636. The summed E-state index contributed by atoms with van der Waals surface area (Å²) in [6.45, 7) is 4.24. The van der Waals surface area contributed by atoms with Crippen LogP contribution in [0, 0.1) is 0 Å². The molecule has 0 aliphatic rings. The van der Waals surface area contributed by atoms with Crippen LogP contribution in [0.4, 0.5) is 0 Å². The van der Waals surface area contributed by atoms with Crippen LogP contribution in [0.3, 0.4) is 0 Å². The number of benzene rings is 2. The molecule has 0 aliphatic carbocycles. The summed E-state index contributed by atoms with van der Waals surface area (Å²) in [6, 6.07) is 18.5. The first-order valence-electron chi connectivity index (χ1n) is 9.39. The van der Waals surface area contributed by atoms with Gasteiger partial charge in [-0.2, -0.15) is 5.10 Å². The van der Waals surface area contributed by atoms with Crippen LogP contribution >= 0.6 is 0 Å². The van der Waals surface area contributed by atoms with Gasteiger partial charge in [-0.3, -0.25) is 9.59 Å². The van der Waals surface area contributed by atoms with Gasteiger partial charge in [0.1, 0.15) is 11.7 Å². The average Bonchev–Trinajstić information content (AvgIpc) is 3.19. The number of hydrogen-bond acceptors (Lipinski definition) is 3. The van der Waals surface area contributed by atoms with Gasteiger partial charge >= 0.3 is 0 Å². The highest BCUT2D eigenvalue weighted by molar-refractivity contribution is 6.02. The second-order valence-electron chi connectivity index (χ2n) is 6.52. The van der Waals surface area contributed by atoms with Crippen LogP contribution in [0.2, 0.25) is 0 Å². The summed E-state index contributed by atoms with van der Waals surface area (Å²) in [5.41, 5.74) is 2.69. The third-order valence-corrected chi connectivity index (χ3v) is 4.32. The maximum atomic E-state index is 12.9. The molecule has 0 fully saturated rings. The largest absolute Gasteiger partial charge is 0.354 e. The lowest BCUT2D eigenvalue weighted by molar-refractivity contribution is -0.122. The summed E-state index contributed by atoms with van der Waals surface area (Å²) in [4.78, 5) is 25.0. The fraction of sp³-hybridized carbons (Fsp3) is 0.227. The summed E-state index contributed by atoms with van der Waals surface area (Å²) >= 11 is 0. The van der Waals surface area contributed by atoms with Gasteiger partial charge in [0, 0.05) is 18.3 Å². The smallest absolute Gasteiger partial charge is 0.255 e. The van der Waals surface area contributed by atoms with Crippen molar-refractivity contribution in [1.29, 1.82) is 0 Å². The molecule has 6 nitrogen and oxygen atoms in total. The standard InChI is InChI=1S/C22H24N4O2/c1-3-14-23-21(27)16(2)24-22(28)19-15-26(18-12-8-5-9-13-18)25-20(19)17-10-6-4-7-11-17/h4-13,15-16H,3,14H2,1-2H3,(H,23,27)(H,24,28)/t16-/m0/s1. The minimum Gasteiger partial charge on any atom is -0.354 e. The van der Waals surface area contributed by atoms with Crippen molar-refractivity contribution in [1.82, 2.24) is 20.4 Å². The van der Waals surface area contributed by atoms with Gasteiger partial charge in [0.2, 0.25) is 5.91 Å². The number of hydrogen-bond donors (Lipinski definition) is 2. The van der Waals surface area contributed by atoms with E-state index in [1.54, 1.807) is 17.8 Å². The molecule has 1 heterocycles. The lowest BCUT2D eigenvalue weighted by Crippen LogP contribution is -2.45. The predicted octanol–water partition coefficient (Wildman–Crippen LogP) is 3.18. The van der Waals surface area contributed by atoms with Gasteiger partial charge in [-0.05, 0) is 25.5 Å². The zero-order chi connectivity index (χ0) is 19.9. The molecule has 2 N–H and O–H groups in total. The van der Waals surface area contributed by atoms with Crippen LogP contribution in [0.5, 0.6) is 0 Å². The zero-order valence-corrected chi connectivity index (χ0v) is 16.1. The molecule has 2 aromatic carbocycles. The van der Waals surface area contributed by atoms with Gasteiger partial charge in [-0.1, -0.05) is 55.5 Å². The molecule has 0 saturated heterocycles. The summed E-state index contributed by atoms with van der Waals surface area (Å²) in [7, 11) is 0. The number of nitrogens with one attached hydrogen (secondary N) is 2. The van der Waals surface area contributed by atoms with Crippen molar-refractivity contribution in [2.75, 3.05) is 6.54 Å². The summed E-state index contributed by atoms with van der Waals surface area (Å²) in [6.07, 6.45) is 2.54. The molecular formula is C22H24N4O2. The number of nitrogens with zero attached hydrogens (tertiary/aromatic N) is 2. The van der Waals surface area contributed by atoms with Crippen molar-refractivity contribution in [2.24, 2.45) is 0 Å². The maximum Gasteiger partial charge on any atom is 0.255 e.